The number of aliphatic hydroxyl groups excluding tert-OH is 1. The third kappa shape index (κ3) is 2.74. The molecule has 1 fully saturated rings. The highest BCUT2D eigenvalue weighted by Crippen LogP contribution is 2.42. The lowest BCUT2D eigenvalue weighted by Crippen LogP contribution is -2.39. The summed E-state index contributed by atoms with van der Waals surface area (Å²) in [6.07, 6.45) is 4.67. The second-order valence-corrected chi connectivity index (χ2v) is 5.09. The monoisotopic (exact) mass is 267 g/mol. The zero-order valence-electron chi connectivity index (χ0n) is 11.6. The van der Waals surface area contributed by atoms with Crippen molar-refractivity contribution in [1.82, 2.24) is 0 Å². The van der Waals surface area contributed by atoms with E-state index in [9.17, 15) is 9.90 Å². The van der Waals surface area contributed by atoms with E-state index in [2.05, 4.69) is 5.16 Å². The average Bonchev–Trinajstić information content (AvgIpc) is 2.80. The molecule has 0 aromatic rings. The number of esters is 1. The van der Waals surface area contributed by atoms with Gasteiger partial charge in [0.1, 0.15) is 23.5 Å². The normalized spacial score (nSPS) is 22.8. The molecule has 0 unspecified atom stereocenters. The Labute approximate surface area is 113 Å². The lowest BCUT2D eigenvalue weighted by Gasteiger charge is -2.33. The van der Waals surface area contributed by atoms with Crippen LogP contribution in [0.15, 0.2) is 16.5 Å². The van der Waals surface area contributed by atoms with Crippen LogP contribution in [-0.4, -0.2) is 29.0 Å². The molecule has 2 rings (SSSR count). The van der Waals surface area contributed by atoms with Gasteiger partial charge in [-0.05, 0) is 39.0 Å². The molecule has 1 spiro atoms. The Balaban J connectivity index is 2.26. The molecule has 0 bridgehead atoms. The minimum atomic E-state index is -0.477. The lowest BCUT2D eigenvalue weighted by atomic mass is 9.90. The molecule has 5 heteroatoms. The van der Waals surface area contributed by atoms with Crippen molar-refractivity contribution in [2.24, 2.45) is 5.16 Å². The fourth-order valence-corrected chi connectivity index (χ4v) is 2.81. The van der Waals surface area contributed by atoms with Crippen molar-refractivity contribution in [1.29, 1.82) is 0 Å². The van der Waals surface area contributed by atoms with E-state index in [1.54, 1.807) is 0 Å². The summed E-state index contributed by atoms with van der Waals surface area (Å²) in [7, 11) is 0. The lowest BCUT2D eigenvalue weighted by molar-refractivity contribution is -0.157. The van der Waals surface area contributed by atoms with Crippen LogP contribution < -0.4 is 0 Å². The highest BCUT2D eigenvalue weighted by Gasteiger charge is 2.44. The number of carbonyl (C=O) groups excluding carboxylic acids is 1. The fraction of sp³-hybridized carbons (Fsp3) is 0.714. The molecular formula is C14H21NO4. The van der Waals surface area contributed by atoms with Crippen LogP contribution in [0.25, 0.3) is 0 Å². The second kappa shape index (κ2) is 5.63. The first kappa shape index (κ1) is 13.9. The highest BCUT2D eigenvalue weighted by atomic mass is 16.6. The van der Waals surface area contributed by atoms with Gasteiger partial charge in [0, 0.05) is 6.42 Å². The first-order chi connectivity index (χ1) is 9.12. The van der Waals surface area contributed by atoms with Crippen LogP contribution in [0, 0.1) is 0 Å². The summed E-state index contributed by atoms with van der Waals surface area (Å²) in [5.74, 6) is -0.371. The quantitative estimate of drug-likeness (QED) is 0.483. The van der Waals surface area contributed by atoms with Crippen molar-refractivity contribution in [3.63, 3.8) is 0 Å². The molecule has 1 heterocycles. The van der Waals surface area contributed by atoms with Crippen LogP contribution in [0.5, 0.6) is 0 Å². The van der Waals surface area contributed by atoms with Crippen LogP contribution in [0.2, 0.25) is 0 Å². The zero-order chi connectivity index (χ0) is 13.9. The average molecular weight is 267 g/mol. The number of hydrogen-bond donors (Lipinski definition) is 1. The summed E-state index contributed by atoms with van der Waals surface area (Å²) in [6.45, 7) is 4.11. The summed E-state index contributed by atoms with van der Waals surface area (Å²) >= 11 is 0. The Morgan fingerprint density at radius 1 is 1.42 bits per heavy atom. The molecule has 0 atom stereocenters. The first-order valence-electron chi connectivity index (χ1n) is 6.96. The topological polar surface area (TPSA) is 68.1 Å². The van der Waals surface area contributed by atoms with E-state index in [0.717, 1.165) is 25.7 Å². The van der Waals surface area contributed by atoms with Gasteiger partial charge < -0.3 is 14.7 Å². The van der Waals surface area contributed by atoms with E-state index in [1.807, 2.05) is 13.8 Å². The Kier molecular flexibility index (Phi) is 4.12. The number of ether oxygens (including phenoxy) is 1. The Morgan fingerprint density at radius 2 is 2.11 bits per heavy atom. The van der Waals surface area contributed by atoms with E-state index in [4.69, 9.17) is 9.57 Å². The molecule has 0 radical (unpaired) electrons. The van der Waals surface area contributed by atoms with Crippen LogP contribution >= 0.6 is 0 Å². The van der Waals surface area contributed by atoms with Gasteiger partial charge in [-0.2, -0.15) is 0 Å². The van der Waals surface area contributed by atoms with Crippen LogP contribution in [0.1, 0.15) is 52.4 Å². The summed E-state index contributed by atoms with van der Waals surface area (Å²) in [6, 6.07) is 0. The number of hydrogen-bond acceptors (Lipinski definition) is 5. The summed E-state index contributed by atoms with van der Waals surface area (Å²) in [5, 5.41) is 14.1. The van der Waals surface area contributed by atoms with Crippen molar-refractivity contribution in [3.05, 3.63) is 11.3 Å². The van der Waals surface area contributed by atoms with Gasteiger partial charge >= 0.3 is 5.97 Å². The summed E-state index contributed by atoms with van der Waals surface area (Å²) in [5.41, 5.74) is 0.167. The standard InChI is InChI=1S/C14H21NO4/c1-3-10(15-18-4-2)12-11(16)9-14(19-13(12)17)7-5-6-8-14/h16H,3-9H2,1-2H3/b15-10-. The number of aliphatic hydroxyl groups is 1. The van der Waals surface area contributed by atoms with Gasteiger partial charge in [-0.15, -0.1) is 0 Å². The number of oxime groups is 1. The van der Waals surface area contributed by atoms with E-state index in [1.165, 1.54) is 0 Å². The molecule has 1 N–H and O–H groups in total. The zero-order valence-corrected chi connectivity index (χ0v) is 11.6. The largest absolute Gasteiger partial charge is 0.511 e. The van der Waals surface area contributed by atoms with E-state index in [-0.39, 0.29) is 11.3 Å². The molecular weight excluding hydrogens is 246 g/mol. The maximum absolute atomic E-state index is 12.2. The SMILES string of the molecule is CCO/N=C(/CC)C1=C(O)CC2(CCCC2)OC1=O. The molecule has 1 aliphatic heterocycles. The first-order valence-corrected chi connectivity index (χ1v) is 6.96. The number of nitrogens with zero attached hydrogens (tertiary/aromatic N) is 1. The second-order valence-electron chi connectivity index (χ2n) is 5.09. The molecule has 106 valence electrons. The third-order valence-electron chi connectivity index (χ3n) is 3.73. The van der Waals surface area contributed by atoms with Crippen molar-refractivity contribution in [2.75, 3.05) is 6.61 Å². The molecule has 0 aromatic heterocycles. The molecule has 1 saturated carbocycles. The highest BCUT2D eigenvalue weighted by molar-refractivity contribution is 6.20. The minimum absolute atomic E-state index is 0.0958. The van der Waals surface area contributed by atoms with Crippen molar-refractivity contribution >= 4 is 11.7 Å². The molecule has 5 nitrogen and oxygen atoms in total. The van der Waals surface area contributed by atoms with Crippen LogP contribution in [0.4, 0.5) is 0 Å². The van der Waals surface area contributed by atoms with Crippen molar-refractivity contribution in [2.45, 2.75) is 58.0 Å². The molecule has 19 heavy (non-hydrogen) atoms. The van der Waals surface area contributed by atoms with E-state index >= 15 is 0 Å². The van der Waals surface area contributed by atoms with Gasteiger partial charge in [-0.1, -0.05) is 12.1 Å². The molecule has 1 aliphatic carbocycles. The summed E-state index contributed by atoms with van der Waals surface area (Å²) < 4.78 is 5.59. The van der Waals surface area contributed by atoms with Crippen LogP contribution in [-0.2, 0) is 14.4 Å². The maximum Gasteiger partial charge on any atom is 0.344 e. The van der Waals surface area contributed by atoms with Crippen molar-refractivity contribution < 1.29 is 19.5 Å². The number of carbonyl (C=O) groups is 1. The summed E-state index contributed by atoms with van der Waals surface area (Å²) in [4.78, 5) is 17.1. The molecule has 0 amide bonds. The Morgan fingerprint density at radius 3 is 2.63 bits per heavy atom. The van der Waals surface area contributed by atoms with E-state index in [0.29, 0.717) is 25.2 Å². The van der Waals surface area contributed by atoms with Gasteiger partial charge in [0.2, 0.25) is 0 Å². The predicted octanol–water partition coefficient (Wildman–Crippen LogP) is 2.86. The van der Waals surface area contributed by atoms with Gasteiger partial charge in [-0.3, -0.25) is 0 Å². The molecule has 0 saturated heterocycles. The van der Waals surface area contributed by atoms with Gasteiger partial charge in [-0.25, -0.2) is 4.79 Å². The molecule has 2 aliphatic rings. The van der Waals surface area contributed by atoms with Gasteiger partial charge in [0.25, 0.3) is 0 Å². The van der Waals surface area contributed by atoms with Gasteiger partial charge in [0.05, 0.1) is 5.71 Å². The Bertz CT molecular complexity index is 419. The smallest absolute Gasteiger partial charge is 0.344 e. The Hall–Kier alpha value is -1.52. The predicted molar refractivity (Wildman–Crippen MR) is 70.9 cm³/mol. The minimum Gasteiger partial charge on any atom is -0.511 e. The van der Waals surface area contributed by atoms with Crippen molar-refractivity contribution in [3.8, 4) is 0 Å². The molecule has 0 aromatic carbocycles. The maximum atomic E-state index is 12.2. The number of rotatable bonds is 4. The van der Waals surface area contributed by atoms with Gasteiger partial charge in [0.15, 0.2) is 0 Å². The van der Waals surface area contributed by atoms with E-state index < -0.39 is 11.6 Å². The van der Waals surface area contributed by atoms with Crippen LogP contribution in [0.3, 0.4) is 0 Å². The fourth-order valence-electron chi connectivity index (χ4n) is 2.81. The third-order valence-corrected chi connectivity index (χ3v) is 3.73.